The van der Waals surface area contributed by atoms with E-state index in [0.717, 1.165) is 19.3 Å². The highest BCUT2D eigenvalue weighted by Crippen LogP contribution is 2.63. The number of para-hydroxylation sites is 1. The molecule has 5 rings (SSSR count). The normalized spacial score (nSPS) is 45.7. The number of rotatable bonds is 2. The highest BCUT2D eigenvalue weighted by molar-refractivity contribution is 5.67. The number of nitrogens with zero attached hydrogens (tertiary/aromatic N) is 2. The molecule has 4 nitrogen and oxygen atoms in total. The van der Waals surface area contributed by atoms with Crippen molar-refractivity contribution in [2.45, 2.75) is 55.8 Å². The van der Waals surface area contributed by atoms with Crippen molar-refractivity contribution in [3.63, 3.8) is 0 Å². The van der Waals surface area contributed by atoms with E-state index in [-0.39, 0.29) is 23.4 Å². The standard InChI is InChI=1S/C20H25N3O/c1-3-11(10-21)12-8-14-18-20(9-15(22-14)17(12)19(20)24)13-6-4-5-7-16(13)23(18)2/h4-7,11-12,14-15,17-19,22,24H,3,8-9H2,1-2H3/t11-,12+,14+,15+,17+,18+,19-,20-/m1/s1. The van der Waals surface area contributed by atoms with Crippen molar-refractivity contribution >= 4 is 5.69 Å². The van der Waals surface area contributed by atoms with Gasteiger partial charge < -0.3 is 15.3 Å². The number of fused-ring (bicyclic) bond motifs is 3. The number of piperidine rings is 2. The first-order valence-electron chi connectivity index (χ1n) is 9.29. The number of likely N-dealkylation sites (N-methyl/N-ethyl adjacent to an activating group) is 1. The van der Waals surface area contributed by atoms with Gasteiger partial charge in [-0.25, -0.2) is 0 Å². The van der Waals surface area contributed by atoms with Crippen molar-refractivity contribution in [3.05, 3.63) is 29.8 Å². The molecule has 2 N–H and O–H groups in total. The second-order valence-electron chi connectivity index (χ2n) is 8.26. The minimum Gasteiger partial charge on any atom is -0.392 e. The summed E-state index contributed by atoms with van der Waals surface area (Å²) in [6, 6.07) is 12.2. The molecule has 3 bridgehead atoms. The SMILES string of the molecule is CC[C@H](C#N)[C@@H]1C[C@@H]2N[C@H]3C[C@]4(c5ccccc5N(C)[C@@H]24)[C@H](O)[C@@H]13. The Morgan fingerprint density at radius 1 is 1.42 bits per heavy atom. The summed E-state index contributed by atoms with van der Waals surface area (Å²) in [6.07, 6.45) is 2.54. The average molecular weight is 323 g/mol. The van der Waals surface area contributed by atoms with Gasteiger partial charge in [-0.1, -0.05) is 25.1 Å². The Hall–Kier alpha value is -1.57. The minimum atomic E-state index is -0.356. The molecule has 4 heteroatoms. The van der Waals surface area contributed by atoms with Crippen molar-refractivity contribution in [2.75, 3.05) is 11.9 Å². The molecule has 1 aliphatic carbocycles. The number of hydrogen-bond acceptors (Lipinski definition) is 4. The predicted molar refractivity (Wildman–Crippen MR) is 92.6 cm³/mol. The Morgan fingerprint density at radius 3 is 2.96 bits per heavy atom. The van der Waals surface area contributed by atoms with E-state index < -0.39 is 0 Å². The van der Waals surface area contributed by atoms with E-state index >= 15 is 0 Å². The number of nitriles is 1. The van der Waals surface area contributed by atoms with Crippen LogP contribution in [0, 0.1) is 29.1 Å². The number of aliphatic hydroxyl groups excluding tert-OH is 1. The highest BCUT2D eigenvalue weighted by Gasteiger charge is 2.70. The molecule has 2 saturated heterocycles. The molecule has 1 spiro atoms. The molecule has 1 aromatic rings. The van der Waals surface area contributed by atoms with Crippen LogP contribution in [-0.4, -0.2) is 36.4 Å². The molecule has 0 amide bonds. The van der Waals surface area contributed by atoms with Gasteiger partial charge in [-0.3, -0.25) is 0 Å². The Kier molecular flexibility index (Phi) is 2.91. The summed E-state index contributed by atoms with van der Waals surface area (Å²) in [4.78, 5) is 2.39. The van der Waals surface area contributed by atoms with Gasteiger partial charge in [-0.05, 0) is 36.8 Å². The molecule has 0 radical (unpaired) electrons. The lowest BCUT2D eigenvalue weighted by atomic mass is 9.68. The summed E-state index contributed by atoms with van der Waals surface area (Å²) in [7, 11) is 2.18. The smallest absolute Gasteiger partial charge is 0.0704 e. The zero-order valence-electron chi connectivity index (χ0n) is 14.3. The molecule has 126 valence electrons. The second kappa shape index (κ2) is 4.74. The van der Waals surface area contributed by atoms with Gasteiger partial charge in [-0.2, -0.15) is 5.26 Å². The molecule has 1 aromatic carbocycles. The van der Waals surface area contributed by atoms with Crippen LogP contribution in [0.15, 0.2) is 24.3 Å². The molecule has 3 fully saturated rings. The fraction of sp³-hybridized carbons (Fsp3) is 0.650. The van der Waals surface area contributed by atoms with E-state index in [4.69, 9.17) is 0 Å². The predicted octanol–water partition coefficient (Wildman–Crippen LogP) is 2.03. The summed E-state index contributed by atoms with van der Waals surface area (Å²) in [5.74, 6) is 0.582. The van der Waals surface area contributed by atoms with Crippen molar-refractivity contribution in [3.8, 4) is 6.07 Å². The van der Waals surface area contributed by atoms with Crippen LogP contribution < -0.4 is 10.2 Å². The zero-order chi connectivity index (χ0) is 16.6. The lowest BCUT2D eigenvalue weighted by molar-refractivity contribution is 0.0397. The Morgan fingerprint density at radius 2 is 2.21 bits per heavy atom. The summed E-state index contributed by atoms with van der Waals surface area (Å²) in [6.45, 7) is 2.11. The second-order valence-corrected chi connectivity index (χ2v) is 8.26. The first kappa shape index (κ1) is 14.7. The number of nitrogens with one attached hydrogen (secondary N) is 1. The van der Waals surface area contributed by atoms with Crippen LogP contribution in [0.1, 0.15) is 31.7 Å². The largest absolute Gasteiger partial charge is 0.392 e. The topological polar surface area (TPSA) is 59.3 Å². The number of hydrogen-bond donors (Lipinski definition) is 2. The molecular formula is C20H25N3O. The highest BCUT2D eigenvalue weighted by atomic mass is 16.3. The van der Waals surface area contributed by atoms with Gasteiger partial charge in [0.1, 0.15) is 0 Å². The van der Waals surface area contributed by atoms with Crippen molar-refractivity contribution in [2.24, 2.45) is 17.8 Å². The molecule has 8 atom stereocenters. The summed E-state index contributed by atoms with van der Waals surface area (Å²) in [5.41, 5.74) is 2.45. The third-order valence-electron chi connectivity index (χ3n) is 7.60. The van der Waals surface area contributed by atoms with Crippen molar-refractivity contribution in [1.82, 2.24) is 5.32 Å². The molecular weight excluding hydrogens is 298 g/mol. The third-order valence-corrected chi connectivity index (χ3v) is 7.60. The maximum absolute atomic E-state index is 11.5. The Labute approximate surface area is 143 Å². The van der Waals surface area contributed by atoms with E-state index in [0.29, 0.717) is 24.0 Å². The Bertz CT molecular complexity index is 728. The fourth-order valence-corrected chi connectivity index (χ4v) is 6.85. The molecule has 0 aromatic heterocycles. The zero-order valence-corrected chi connectivity index (χ0v) is 14.3. The molecule has 24 heavy (non-hydrogen) atoms. The summed E-state index contributed by atoms with van der Waals surface area (Å²) >= 11 is 0. The van der Waals surface area contributed by atoms with E-state index in [1.54, 1.807) is 0 Å². The molecule has 4 aliphatic rings. The summed E-state index contributed by atoms with van der Waals surface area (Å²) < 4.78 is 0. The lowest BCUT2D eigenvalue weighted by Crippen LogP contribution is -2.64. The van der Waals surface area contributed by atoms with Crippen LogP contribution >= 0.6 is 0 Å². The van der Waals surface area contributed by atoms with Crippen LogP contribution in [0.25, 0.3) is 0 Å². The van der Waals surface area contributed by atoms with Crippen LogP contribution in [0.4, 0.5) is 5.69 Å². The molecule has 1 saturated carbocycles. The monoisotopic (exact) mass is 323 g/mol. The number of benzene rings is 1. The van der Waals surface area contributed by atoms with Gasteiger partial charge in [-0.15, -0.1) is 0 Å². The molecule has 3 heterocycles. The fourth-order valence-electron chi connectivity index (χ4n) is 6.85. The minimum absolute atomic E-state index is 0.0614. The maximum atomic E-state index is 11.5. The van der Waals surface area contributed by atoms with Crippen LogP contribution in [0.2, 0.25) is 0 Å². The van der Waals surface area contributed by atoms with E-state index in [9.17, 15) is 10.4 Å². The van der Waals surface area contributed by atoms with E-state index in [1.165, 1.54) is 11.3 Å². The van der Waals surface area contributed by atoms with Crippen LogP contribution in [-0.2, 0) is 5.41 Å². The van der Waals surface area contributed by atoms with E-state index in [2.05, 4.69) is 54.5 Å². The van der Waals surface area contributed by atoms with Gasteiger partial charge in [0, 0.05) is 42.1 Å². The van der Waals surface area contributed by atoms with Gasteiger partial charge in [0.05, 0.1) is 18.2 Å². The van der Waals surface area contributed by atoms with E-state index in [1.807, 2.05) is 0 Å². The maximum Gasteiger partial charge on any atom is 0.0704 e. The van der Waals surface area contributed by atoms with Gasteiger partial charge in [0.25, 0.3) is 0 Å². The van der Waals surface area contributed by atoms with Crippen LogP contribution in [0.5, 0.6) is 0 Å². The molecule has 3 aliphatic heterocycles. The molecule has 0 unspecified atom stereocenters. The van der Waals surface area contributed by atoms with Gasteiger partial charge in [0.2, 0.25) is 0 Å². The van der Waals surface area contributed by atoms with Crippen molar-refractivity contribution in [1.29, 1.82) is 5.26 Å². The number of aliphatic hydroxyl groups is 1. The quantitative estimate of drug-likeness (QED) is 0.874. The van der Waals surface area contributed by atoms with Gasteiger partial charge >= 0.3 is 0 Å². The third kappa shape index (κ3) is 1.47. The first-order chi connectivity index (χ1) is 11.6. The van der Waals surface area contributed by atoms with Crippen molar-refractivity contribution < 1.29 is 5.11 Å². The number of anilines is 1. The Balaban J connectivity index is 1.68. The average Bonchev–Trinajstić information content (AvgIpc) is 2.96. The van der Waals surface area contributed by atoms with Gasteiger partial charge in [0.15, 0.2) is 0 Å². The lowest BCUT2D eigenvalue weighted by Gasteiger charge is -2.48. The first-order valence-corrected chi connectivity index (χ1v) is 9.29. The summed E-state index contributed by atoms with van der Waals surface area (Å²) in [5, 5.41) is 25.0. The van der Waals surface area contributed by atoms with Crippen LogP contribution in [0.3, 0.4) is 0 Å².